The van der Waals surface area contributed by atoms with Crippen molar-refractivity contribution in [1.29, 1.82) is 0 Å². The number of nitrogens with zero attached hydrogens (tertiary/aromatic N) is 2. The Balaban J connectivity index is 2.05. The van der Waals surface area contributed by atoms with Crippen molar-refractivity contribution in [1.82, 2.24) is 0 Å². The molecule has 0 aliphatic rings. The van der Waals surface area contributed by atoms with Crippen LogP contribution in [0.25, 0.3) is 11.1 Å². The van der Waals surface area contributed by atoms with E-state index in [2.05, 4.69) is 5.32 Å². The molecule has 0 bridgehead atoms. The predicted molar refractivity (Wildman–Crippen MR) is 118 cm³/mol. The number of nitro groups is 2. The van der Waals surface area contributed by atoms with E-state index in [1.807, 2.05) is 0 Å². The van der Waals surface area contributed by atoms with Gasteiger partial charge < -0.3 is 10.1 Å². The molecule has 10 nitrogen and oxygen atoms in total. The van der Waals surface area contributed by atoms with Crippen molar-refractivity contribution in [3.05, 3.63) is 84.8 Å². The average molecular weight is 455 g/mol. The molecule has 1 aromatic heterocycles. The molecule has 11 heteroatoms. The molecular weight excluding hydrogens is 438 g/mol. The van der Waals surface area contributed by atoms with E-state index in [4.69, 9.17) is 4.74 Å². The minimum atomic E-state index is -0.707. The standard InChI is InChI=1S/C21H17N3O7S/c1-3-31-21(26)18-16(13-6-4-7-14(10-13)23(27)28)11-32-20(18)22-19(25)15-8-5-9-17(12(15)2)24(29)30/h4-11H,3H2,1-2H3,(H,22,25). The van der Waals surface area contributed by atoms with Crippen LogP contribution in [0.1, 0.15) is 33.2 Å². The van der Waals surface area contributed by atoms with Gasteiger partial charge in [-0.25, -0.2) is 4.79 Å². The molecular formula is C21H17N3O7S. The van der Waals surface area contributed by atoms with Crippen LogP contribution in [0.4, 0.5) is 16.4 Å². The van der Waals surface area contributed by atoms with Crippen LogP contribution in [0.3, 0.4) is 0 Å². The van der Waals surface area contributed by atoms with Gasteiger partial charge in [-0.2, -0.15) is 0 Å². The van der Waals surface area contributed by atoms with Crippen LogP contribution in [0.2, 0.25) is 0 Å². The second kappa shape index (κ2) is 9.35. The highest BCUT2D eigenvalue weighted by atomic mass is 32.1. The molecule has 1 heterocycles. The maximum absolute atomic E-state index is 12.9. The van der Waals surface area contributed by atoms with Crippen LogP contribution in [-0.4, -0.2) is 28.3 Å². The first-order valence-electron chi connectivity index (χ1n) is 9.33. The lowest BCUT2D eigenvalue weighted by Gasteiger charge is -2.10. The molecule has 0 saturated heterocycles. The van der Waals surface area contributed by atoms with Crippen LogP contribution >= 0.6 is 11.3 Å². The van der Waals surface area contributed by atoms with E-state index in [1.165, 1.54) is 43.3 Å². The van der Waals surface area contributed by atoms with E-state index < -0.39 is 21.7 Å². The lowest BCUT2D eigenvalue weighted by molar-refractivity contribution is -0.385. The Bertz CT molecular complexity index is 1240. The minimum absolute atomic E-state index is 0.0498. The van der Waals surface area contributed by atoms with E-state index in [1.54, 1.807) is 18.4 Å². The van der Waals surface area contributed by atoms with Gasteiger partial charge in [0.15, 0.2) is 0 Å². The zero-order valence-corrected chi connectivity index (χ0v) is 17.8. The number of nitro benzene ring substituents is 2. The van der Waals surface area contributed by atoms with E-state index in [0.29, 0.717) is 11.1 Å². The Morgan fingerprint density at radius 3 is 2.47 bits per heavy atom. The molecule has 164 valence electrons. The van der Waals surface area contributed by atoms with Crippen molar-refractivity contribution in [2.45, 2.75) is 13.8 Å². The normalized spacial score (nSPS) is 10.4. The highest BCUT2D eigenvalue weighted by molar-refractivity contribution is 7.15. The summed E-state index contributed by atoms with van der Waals surface area (Å²) in [5.41, 5.74) is 0.734. The van der Waals surface area contributed by atoms with Crippen molar-refractivity contribution >= 4 is 39.6 Å². The van der Waals surface area contributed by atoms with Gasteiger partial charge in [0.1, 0.15) is 10.6 Å². The fourth-order valence-electron chi connectivity index (χ4n) is 3.09. The highest BCUT2D eigenvalue weighted by Crippen LogP contribution is 2.37. The first-order chi connectivity index (χ1) is 15.2. The summed E-state index contributed by atoms with van der Waals surface area (Å²) in [5, 5.41) is 26.7. The van der Waals surface area contributed by atoms with Gasteiger partial charge in [-0.1, -0.05) is 18.2 Å². The number of hydrogen-bond acceptors (Lipinski definition) is 8. The van der Waals surface area contributed by atoms with Crippen molar-refractivity contribution < 1.29 is 24.2 Å². The second-order valence-corrected chi connectivity index (χ2v) is 7.42. The molecule has 0 spiro atoms. The zero-order chi connectivity index (χ0) is 23.4. The molecule has 0 unspecified atom stereocenters. The van der Waals surface area contributed by atoms with Gasteiger partial charge in [0.25, 0.3) is 17.3 Å². The zero-order valence-electron chi connectivity index (χ0n) is 17.0. The number of thiophene rings is 1. The lowest BCUT2D eigenvalue weighted by atomic mass is 10.0. The lowest BCUT2D eigenvalue weighted by Crippen LogP contribution is -2.16. The molecule has 3 rings (SSSR count). The van der Waals surface area contributed by atoms with Crippen LogP contribution < -0.4 is 5.32 Å². The average Bonchev–Trinajstić information content (AvgIpc) is 3.17. The molecule has 0 fully saturated rings. The number of rotatable bonds is 7. The second-order valence-electron chi connectivity index (χ2n) is 6.54. The minimum Gasteiger partial charge on any atom is -0.462 e. The third-order valence-corrected chi connectivity index (χ3v) is 5.51. The van der Waals surface area contributed by atoms with Crippen LogP contribution in [-0.2, 0) is 4.74 Å². The van der Waals surface area contributed by atoms with Crippen LogP contribution in [0.15, 0.2) is 47.8 Å². The molecule has 0 aliphatic heterocycles. The Hall–Kier alpha value is -4.12. The van der Waals surface area contributed by atoms with Gasteiger partial charge in [0, 0.05) is 40.3 Å². The third-order valence-electron chi connectivity index (χ3n) is 4.61. The van der Waals surface area contributed by atoms with E-state index >= 15 is 0 Å². The molecule has 0 saturated carbocycles. The first kappa shape index (κ1) is 22.6. The molecule has 2 aromatic carbocycles. The van der Waals surface area contributed by atoms with E-state index in [0.717, 1.165) is 11.3 Å². The largest absolute Gasteiger partial charge is 0.462 e. The van der Waals surface area contributed by atoms with Gasteiger partial charge in [-0.05, 0) is 25.5 Å². The Morgan fingerprint density at radius 1 is 1.09 bits per heavy atom. The van der Waals surface area contributed by atoms with Crippen molar-refractivity contribution in [2.24, 2.45) is 0 Å². The number of anilines is 1. The van der Waals surface area contributed by atoms with Crippen LogP contribution in [0, 0.1) is 27.2 Å². The van der Waals surface area contributed by atoms with Gasteiger partial charge in [-0.15, -0.1) is 11.3 Å². The smallest absolute Gasteiger partial charge is 0.341 e. The fraction of sp³-hybridized carbons (Fsp3) is 0.143. The third kappa shape index (κ3) is 4.47. The molecule has 0 radical (unpaired) electrons. The molecule has 3 aromatic rings. The number of amides is 1. The van der Waals surface area contributed by atoms with Crippen molar-refractivity contribution in [2.75, 3.05) is 11.9 Å². The number of carbonyl (C=O) groups excluding carboxylic acids is 2. The van der Waals surface area contributed by atoms with Crippen molar-refractivity contribution in [3.63, 3.8) is 0 Å². The van der Waals surface area contributed by atoms with E-state index in [9.17, 15) is 29.8 Å². The van der Waals surface area contributed by atoms with Gasteiger partial charge in [-0.3, -0.25) is 25.0 Å². The Kier molecular flexibility index (Phi) is 6.59. The predicted octanol–water partition coefficient (Wildman–Crippen LogP) is 4.97. The molecule has 1 amide bonds. The van der Waals surface area contributed by atoms with Crippen molar-refractivity contribution in [3.8, 4) is 11.1 Å². The Morgan fingerprint density at radius 2 is 1.81 bits per heavy atom. The number of ether oxygens (including phenoxy) is 1. The summed E-state index contributed by atoms with van der Waals surface area (Å²) in [6, 6.07) is 9.88. The maximum Gasteiger partial charge on any atom is 0.341 e. The SMILES string of the molecule is CCOC(=O)c1c(-c2cccc([N+](=O)[O-])c2)csc1NC(=O)c1cccc([N+](=O)[O-])c1C. The summed E-state index contributed by atoms with van der Waals surface area (Å²) >= 11 is 1.04. The summed E-state index contributed by atoms with van der Waals surface area (Å²) < 4.78 is 5.12. The number of benzene rings is 2. The topological polar surface area (TPSA) is 142 Å². The summed E-state index contributed by atoms with van der Waals surface area (Å²) in [7, 11) is 0. The van der Waals surface area contributed by atoms with Gasteiger partial charge in [0.05, 0.1) is 16.5 Å². The highest BCUT2D eigenvalue weighted by Gasteiger charge is 2.25. The number of hydrogen-bond donors (Lipinski definition) is 1. The quantitative estimate of drug-likeness (QED) is 0.301. The summed E-state index contributed by atoms with van der Waals surface area (Å²) in [4.78, 5) is 46.7. The Labute approximate surface area is 185 Å². The number of non-ortho nitro benzene ring substituents is 1. The molecule has 1 N–H and O–H groups in total. The number of carbonyl (C=O) groups is 2. The summed E-state index contributed by atoms with van der Waals surface area (Å²) in [6.45, 7) is 3.17. The monoisotopic (exact) mass is 455 g/mol. The number of esters is 1. The summed E-state index contributed by atoms with van der Waals surface area (Å²) in [6.07, 6.45) is 0. The maximum atomic E-state index is 12.9. The first-order valence-corrected chi connectivity index (χ1v) is 10.2. The van der Waals surface area contributed by atoms with Gasteiger partial charge >= 0.3 is 5.97 Å². The molecule has 0 aliphatic carbocycles. The molecule has 32 heavy (non-hydrogen) atoms. The van der Waals surface area contributed by atoms with Gasteiger partial charge in [0.2, 0.25) is 0 Å². The number of nitrogens with one attached hydrogen (secondary N) is 1. The summed E-state index contributed by atoms with van der Waals surface area (Å²) in [5.74, 6) is -1.34. The molecule has 0 atom stereocenters. The van der Waals surface area contributed by atoms with Crippen LogP contribution in [0.5, 0.6) is 0 Å². The van der Waals surface area contributed by atoms with E-state index in [-0.39, 0.29) is 39.7 Å². The fourth-order valence-corrected chi connectivity index (χ4v) is 4.05.